The van der Waals surface area contributed by atoms with Gasteiger partial charge in [-0.25, -0.2) is 4.79 Å². The van der Waals surface area contributed by atoms with Crippen LogP contribution in [0.3, 0.4) is 0 Å². The first-order valence-corrected chi connectivity index (χ1v) is 8.31. The Kier molecular flexibility index (Phi) is 4.49. The highest BCUT2D eigenvalue weighted by molar-refractivity contribution is 6.01. The third-order valence-electron chi connectivity index (χ3n) is 4.40. The predicted molar refractivity (Wildman–Crippen MR) is 95.2 cm³/mol. The molecule has 5 nitrogen and oxygen atoms in total. The maximum Gasteiger partial charge on any atom is 0.335 e. The number of rotatable bonds is 4. The van der Waals surface area contributed by atoms with Crippen LogP contribution in [-0.2, 0) is 11.3 Å². The average molecular weight is 339 g/mol. The van der Waals surface area contributed by atoms with Gasteiger partial charge < -0.3 is 14.7 Å². The molecule has 0 aromatic heterocycles. The molecule has 0 fully saturated rings. The fourth-order valence-corrected chi connectivity index (χ4v) is 2.89. The monoisotopic (exact) mass is 339 g/mol. The average Bonchev–Trinajstić information content (AvgIpc) is 2.59. The first-order chi connectivity index (χ1) is 11.9. The lowest BCUT2D eigenvalue weighted by Gasteiger charge is -2.33. The van der Waals surface area contributed by atoms with Crippen molar-refractivity contribution in [1.29, 1.82) is 0 Å². The van der Waals surface area contributed by atoms with E-state index in [1.807, 2.05) is 12.1 Å². The summed E-state index contributed by atoms with van der Waals surface area (Å²) in [6, 6.07) is 12.7. The number of nitrogens with zero attached hydrogens (tertiary/aromatic N) is 1. The van der Waals surface area contributed by atoms with Crippen LogP contribution in [0, 0.1) is 0 Å². The van der Waals surface area contributed by atoms with E-state index >= 15 is 0 Å². The third-order valence-corrected chi connectivity index (χ3v) is 4.40. The Bertz CT molecular complexity index is 811. The molecule has 0 aliphatic carbocycles. The minimum atomic E-state index is -1.03. The van der Waals surface area contributed by atoms with E-state index in [9.17, 15) is 14.7 Å². The number of hydrogen-bond acceptors (Lipinski definition) is 3. The molecule has 0 spiro atoms. The van der Waals surface area contributed by atoms with Crippen LogP contribution >= 0.6 is 0 Å². The quantitative estimate of drug-likeness (QED) is 0.919. The number of ether oxygens (including phenoxy) is 1. The molecule has 2 aromatic rings. The van der Waals surface area contributed by atoms with Crippen LogP contribution in [0.4, 0.5) is 5.69 Å². The zero-order valence-corrected chi connectivity index (χ0v) is 14.5. The Labute approximate surface area is 146 Å². The van der Waals surface area contributed by atoms with Crippen LogP contribution in [0.2, 0.25) is 0 Å². The lowest BCUT2D eigenvalue weighted by Crippen LogP contribution is -2.44. The first kappa shape index (κ1) is 17.0. The van der Waals surface area contributed by atoms with Crippen molar-refractivity contribution < 1.29 is 19.4 Å². The number of amides is 1. The van der Waals surface area contributed by atoms with Crippen molar-refractivity contribution in [2.45, 2.75) is 39.3 Å². The Balaban J connectivity index is 1.95. The molecule has 0 saturated heterocycles. The molecule has 1 atom stereocenters. The van der Waals surface area contributed by atoms with E-state index in [1.165, 1.54) is 17.7 Å². The Hall–Kier alpha value is -2.82. The summed E-state index contributed by atoms with van der Waals surface area (Å²) < 4.78 is 5.61. The number of benzene rings is 2. The normalized spacial score (nSPS) is 16.6. The van der Waals surface area contributed by atoms with Gasteiger partial charge in [-0.05, 0) is 42.2 Å². The molecule has 25 heavy (non-hydrogen) atoms. The Morgan fingerprint density at radius 1 is 1.20 bits per heavy atom. The summed E-state index contributed by atoms with van der Waals surface area (Å²) in [7, 11) is 0. The molecule has 3 rings (SSSR count). The van der Waals surface area contributed by atoms with Gasteiger partial charge in [-0.3, -0.25) is 4.79 Å². The lowest BCUT2D eigenvalue weighted by molar-refractivity contribution is -0.125. The van der Waals surface area contributed by atoms with Crippen molar-refractivity contribution in [3.63, 3.8) is 0 Å². The number of carboxylic acids is 1. The molecule has 1 aliphatic heterocycles. The molecule has 5 heteroatoms. The van der Waals surface area contributed by atoms with Gasteiger partial charge in [0.1, 0.15) is 5.75 Å². The molecule has 0 radical (unpaired) electrons. The fraction of sp³-hybridized carbons (Fsp3) is 0.300. The highest BCUT2D eigenvalue weighted by Crippen LogP contribution is 2.36. The summed E-state index contributed by atoms with van der Waals surface area (Å²) in [5.41, 5.74) is 2.85. The molecule has 1 N–H and O–H groups in total. The number of aromatic carboxylic acids is 1. The largest absolute Gasteiger partial charge is 0.479 e. The fourth-order valence-electron chi connectivity index (χ4n) is 2.89. The summed E-state index contributed by atoms with van der Waals surface area (Å²) in [5.74, 6) is -0.244. The van der Waals surface area contributed by atoms with Gasteiger partial charge in [0.2, 0.25) is 0 Å². The van der Waals surface area contributed by atoms with Crippen molar-refractivity contribution in [3.8, 4) is 5.75 Å². The number of hydrogen-bond donors (Lipinski definition) is 1. The highest BCUT2D eigenvalue weighted by Gasteiger charge is 2.32. The molecule has 2 aromatic carbocycles. The van der Waals surface area contributed by atoms with E-state index in [1.54, 1.807) is 17.9 Å². The molecule has 1 aliphatic rings. The summed E-state index contributed by atoms with van der Waals surface area (Å²) in [4.78, 5) is 25.5. The summed E-state index contributed by atoms with van der Waals surface area (Å²) in [6.45, 7) is 6.34. The van der Waals surface area contributed by atoms with E-state index in [2.05, 4.69) is 26.0 Å². The molecule has 0 bridgehead atoms. The van der Waals surface area contributed by atoms with Gasteiger partial charge in [-0.15, -0.1) is 0 Å². The maximum absolute atomic E-state index is 12.6. The van der Waals surface area contributed by atoms with Crippen LogP contribution < -0.4 is 9.64 Å². The van der Waals surface area contributed by atoms with E-state index in [0.29, 0.717) is 23.9 Å². The SMILES string of the molecule is CC1Oc2ccc(C(=O)O)cc2N(Cc2ccc(C(C)C)cc2)C1=O. The smallest absolute Gasteiger partial charge is 0.335 e. The molecular formula is C20H21NO4. The van der Waals surface area contributed by atoms with Crippen LogP contribution in [0.15, 0.2) is 42.5 Å². The topological polar surface area (TPSA) is 66.8 Å². The second kappa shape index (κ2) is 6.59. The molecule has 1 unspecified atom stereocenters. The first-order valence-electron chi connectivity index (χ1n) is 8.31. The number of fused-ring (bicyclic) bond motifs is 1. The van der Waals surface area contributed by atoms with E-state index in [0.717, 1.165) is 5.56 Å². The molecule has 1 heterocycles. The molecule has 130 valence electrons. The van der Waals surface area contributed by atoms with Gasteiger partial charge in [0, 0.05) is 0 Å². The lowest BCUT2D eigenvalue weighted by atomic mass is 10.0. The number of carbonyl (C=O) groups excluding carboxylic acids is 1. The van der Waals surface area contributed by atoms with Gasteiger partial charge in [-0.1, -0.05) is 38.1 Å². The van der Waals surface area contributed by atoms with Crippen molar-refractivity contribution in [3.05, 3.63) is 59.2 Å². The zero-order valence-electron chi connectivity index (χ0n) is 14.5. The number of carboxylic acid groups (broad SMARTS) is 1. The highest BCUT2D eigenvalue weighted by atomic mass is 16.5. The van der Waals surface area contributed by atoms with Crippen molar-refractivity contribution in [1.82, 2.24) is 0 Å². The third kappa shape index (κ3) is 3.36. The van der Waals surface area contributed by atoms with Gasteiger partial charge >= 0.3 is 5.97 Å². The van der Waals surface area contributed by atoms with Crippen LogP contribution in [0.5, 0.6) is 5.75 Å². The van der Waals surface area contributed by atoms with E-state index in [4.69, 9.17) is 4.74 Å². The molecule has 0 saturated carbocycles. The summed E-state index contributed by atoms with van der Waals surface area (Å²) in [5, 5.41) is 9.22. The van der Waals surface area contributed by atoms with Gasteiger partial charge in [0.05, 0.1) is 17.8 Å². The molecular weight excluding hydrogens is 318 g/mol. The number of anilines is 1. The predicted octanol–water partition coefficient (Wildman–Crippen LogP) is 3.82. The standard InChI is InChI=1S/C20H21NO4/c1-12(2)15-6-4-14(5-7-15)11-21-17-10-16(20(23)24)8-9-18(17)25-13(3)19(21)22/h4-10,12-13H,11H2,1-3H3,(H,23,24). The van der Waals surface area contributed by atoms with E-state index < -0.39 is 12.1 Å². The van der Waals surface area contributed by atoms with E-state index in [-0.39, 0.29) is 11.5 Å². The second-order valence-electron chi connectivity index (χ2n) is 6.57. The second-order valence-corrected chi connectivity index (χ2v) is 6.57. The van der Waals surface area contributed by atoms with Crippen molar-refractivity contribution >= 4 is 17.6 Å². The van der Waals surface area contributed by atoms with Crippen LogP contribution in [0.25, 0.3) is 0 Å². The van der Waals surface area contributed by atoms with Gasteiger partial charge in [0.15, 0.2) is 6.10 Å². The van der Waals surface area contributed by atoms with Crippen LogP contribution in [-0.4, -0.2) is 23.1 Å². The van der Waals surface area contributed by atoms with Crippen molar-refractivity contribution in [2.75, 3.05) is 4.90 Å². The summed E-state index contributed by atoms with van der Waals surface area (Å²) in [6.07, 6.45) is -0.599. The van der Waals surface area contributed by atoms with Gasteiger partial charge in [-0.2, -0.15) is 0 Å². The minimum absolute atomic E-state index is 0.129. The minimum Gasteiger partial charge on any atom is -0.479 e. The number of carbonyl (C=O) groups is 2. The van der Waals surface area contributed by atoms with Gasteiger partial charge in [0.25, 0.3) is 5.91 Å². The maximum atomic E-state index is 12.6. The zero-order chi connectivity index (χ0) is 18.1. The van der Waals surface area contributed by atoms with Crippen molar-refractivity contribution in [2.24, 2.45) is 0 Å². The molecule has 1 amide bonds. The summed E-state index contributed by atoms with van der Waals surface area (Å²) >= 11 is 0. The van der Waals surface area contributed by atoms with Crippen LogP contribution in [0.1, 0.15) is 48.2 Å². The Morgan fingerprint density at radius 2 is 1.88 bits per heavy atom. The Morgan fingerprint density at radius 3 is 2.48 bits per heavy atom.